The number of carbonyl (C=O) groups is 1. The highest BCUT2D eigenvalue weighted by atomic mass is 35.5. The number of carbonyl (C=O) groups excluding carboxylic acids is 1. The molecule has 0 saturated carbocycles. The number of nitrogens with one attached hydrogen (secondary N) is 1. The number of para-hydroxylation sites is 1. The fourth-order valence-corrected chi connectivity index (χ4v) is 3.18. The lowest BCUT2D eigenvalue weighted by molar-refractivity contribution is 0.0953. The van der Waals surface area contributed by atoms with Crippen molar-refractivity contribution in [3.8, 4) is 0 Å². The Kier molecular flexibility index (Phi) is 6.45. The molecule has 0 aliphatic carbocycles. The first-order chi connectivity index (χ1) is 11.8. The molecule has 2 aromatic carbocycles. The molecule has 0 spiro atoms. The number of nitrogens with zero attached hydrogens (tertiary/aromatic N) is 1. The number of amides is 1. The highest BCUT2D eigenvalue weighted by molar-refractivity contribution is 7.90. The van der Waals surface area contributed by atoms with Gasteiger partial charge in [-0.25, -0.2) is 8.42 Å². The van der Waals surface area contributed by atoms with Crippen molar-refractivity contribution in [1.82, 2.24) is 5.32 Å². The largest absolute Gasteiger partial charge is 0.375 e. The maximum absolute atomic E-state index is 12.3. The first-order valence-electron chi connectivity index (χ1n) is 7.83. The van der Waals surface area contributed by atoms with Gasteiger partial charge in [-0.05, 0) is 36.8 Å². The van der Waals surface area contributed by atoms with E-state index in [4.69, 9.17) is 11.6 Å². The molecule has 134 valence electrons. The van der Waals surface area contributed by atoms with Crippen molar-refractivity contribution in [2.75, 3.05) is 31.3 Å². The number of rotatable bonds is 7. The maximum atomic E-state index is 12.3. The molecular formula is C18H21ClN2O3S. The molecule has 5 nitrogen and oxygen atoms in total. The van der Waals surface area contributed by atoms with Gasteiger partial charge < -0.3 is 10.2 Å². The van der Waals surface area contributed by atoms with Gasteiger partial charge >= 0.3 is 0 Å². The third kappa shape index (κ3) is 5.47. The molecule has 0 aliphatic rings. The zero-order valence-corrected chi connectivity index (χ0v) is 15.8. The van der Waals surface area contributed by atoms with Crippen molar-refractivity contribution < 1.29 is 13.2 Å². The molecule has 0 atom stereocenters. The van der Waals surface area contributed by atoms with Crippen LogP contribution < -0.4 is 10.2 Å². The van der Waals surface area contributed by atoms with Gasteiger partial charge in [0.1, 0.15) is 0 Å². The summed E-state index contributed by atoms with van der Waals surface area (Å²) in [7, 11) is -1.40. The fraction of sp³-hybridized carbons (Fsp3) is 0.278. The van der Waals surface area contributed by atoms with Crippen molar-refractivity contribution >= 4 is 33.0 Å². The minimum atomic E-state index is -3.39. The van der Waals surface area contributed by atoms with Gasteiger partial charge in [-0.15, -0.1) is 0 Å². The monoisotopic (exact) mass is 380 g/mol. The average Bonchev–Trinajstić information content (AvgIpc) is 2.58. The zero-order valence-electron chi connectivity index (χ0n) is 14.2. The van der Waals surface area contributed by atoms with E-state index in [1.165, 1.54) is 18.2 Å². The Morgan fingerprint density at radius 1 is 1.16 bits per heavy atom. The second-order valence-electron chi connectivity index (χ2n) is 5.78. The second-order valence-corrected chi connectivity index (χ2v) is 8.20. The van der Waals surface area contributed by atoms with Crippen LogP contribution in [0.1, 0.15) is 16.8 Å². The van der Waals surface area contributed by atoms with E-state index >= 15 is 0 Å². The van der Waals surface area contributed by atoms with Crippen molar-refractivity contribution in [1.29, 1.82) is 0 Å². The van der Waals surface area contributed by atoms with Crippen LogP contribution in [0.3, 0.4) is 0 Å². The van der Waals surface area contributed by atoms with E-state index in [2.05, 4.69) is 10.2 Å². The van der Waals surface area contributed by atoms with E-state index in [1.54, 1.807) is 0 Å². The molecule has 2 aromatic rings. The Morgan fingerprint density at radius 3 is 2.48 bits per heavy atom. The third-order valence-corrected chi connectivity index (χ3v) is 5.20. The van der Waals surface area contributed by atoms with Gasteiger partial charge in [0.05, 0.1) is 15.5 Å². The standard InChI is InChI=1S/C18H21ClN2O3S/c1-21(14-7-4-3-5-8-14)12-6-11-20-18(22)16-13-15(25(2,23)24)9-10-17(16)19/h3-5,7-10,13H,6,11-12H2,1-2H3,(H,20,22). The average molecular weight is 381 g/mol. The Labute approximate surface area is 153 Å². The summed E-state index contributed by atoms with van der Waals surface area (Å²) >= 11 is 6.02. The first kappa shape index (κ1) is 19.3. The minimum Gasteiger partial charge on any atom is -0.375 e. The number of hydrogen-bond donors (Lipinski definition) is 1. The van der Waals surface area contributed by atoms with Crippen LogP contribution in [0.25, 0.3) is 0 Å². The summed E-state index contributed by atoms with van der Waals surface area (Å²) in [6.45, 7) is 1.25. The van der Waals surface area contributed by atoms with E-state index in [9.17, 15) is 13.2 Å². The van der Waals surface area contributed by atoms with Crippen LogP contribution in [0.15, 0.2) is 53.4 Å². The Balaban J connectivity index is 1.90. The van der Waals surface area contributed by atoms with E-state index < -0.39 is 9.84 Å². The summed E-state index contributed by atoms with van der Waals surface area (Å²) in [4.78, 5) is 14.4. The van der Waals surface area contributed by atoms with E-state index in [-0.39, 0.29) is 21.4 Å². The maximum Gasteiger partial charge on any atom is 0.252 e. The Bertz CT molecular complexity index is 839. The summed E-state index contributed by atoms with van der Waals surface area (Å²) in [6.07, 6.45) is 1.85. The lowest BCUT2D eigenvalue weighted by Crippen LogP contribution is -2.28. The van der Waals surface area contributed by atoms with Crippen LogP contribution in [0.4, 0.5) is 5.69 Å². The molecule has 0 heterocycles. The van der Waals surface area contributed by atoms with E-state index in [1.807, 2.05) is 37.4 Å². The van der Waals surface area contributed by atoms with Crippen LogP contribution in [0.5, 0.6) is 0 Å². The first-order valence-corrected chi connectivity index (χ1v) is 10.1. The number of anilines is 1. The van der Waals surface area contributed by atoms with Crippen LogP contribution in [-0.2, 0) is 9.84 Å². The molecule has 1 amide bonds. The molecule has 0 aliphatic heterocycles. The van der Waals surface area contributed by atoms with E-state index in [0.717, 1.165) is 24.9 Å². The van der Waals surface area contributed by atoms with Crippen molar-refractivity contribution in [3.05, 3.63) is 59.1 Å². The Morgan fingerprint density at radius 2 is 1.84 bits per heavy atom. The third-order valence-electron chi connectivity index (χ3n) is 3.76. The van der Waals surface area contributed by atoms with Crippen molar-refractivity contribution in [2.24, 2.45) is 0 Å². The lowest BCUT2D eigenvalue weighted by Gasteiger charge is -2.19. The SMILES string of the molecule is CN(CCCNC(=O)c1cc(S(C)(=O)=O)ccc1Cl)c1ccccc1. The second kappa shape index (κ2) is 8.36. The molecule has 0 bridgehead atoms. The Hall–Kier alpha value is -2.05. The molecule has 0 saturated heterocycles. The topological polar surface area (TPSA) is 66.5 Å². The van der Waals surface area contributed by atoms with Crippen LogP contribution in [0.2, 0.25) is 5.02 Å². The number of sulfone groups is 1. The van der Waals surface area contributed by atoms with Crippen molar-refractivity contribution in [3.63, 3.8) is 0 Å². The minimum absolute atomic E-state index is 0.0749. The van der Waals surface area contributed by atoms with Gasteiger partial charge in [0.15, 0.2) is 9.84 Å². The normalized spacial score (nSPS) is 11.2. The number of halogens is 1. The summed E-state index contributed by atoms with van der Waals surface area (Å²) < 4.78 is 23.2. The van der Waals surface area contributed by atoms with Gasteiger partial charge in [-0.3, -0.25) is 4.79 Å². The molecule has 0 radical (unpaired) electrons. The quantitative estimate of drug-likeness (QED) is 0.750. The molecule has 1 N–H and O–H groups in total. The predicted molar refractivity (Wildman–Crippen MR) is 101 cm³/mol. The number of benzene rings is 2. The molecule has 2 rings (SSSR count). The fourth-order valence-electron chi connectivity index (χ4n) is 2.33. The van der Waals surface area contributed by atoms with Gasteiger partial charge in [-0.2, -0.15) is 0 Å². The molecule has 25 heavy (non-hydrogen) atoms. The van der Waals surface area contributed by atoms with Gasteiger partial charge in [0, 0.05) is 32.1 Å². The van der Waals surface area contributed by atoms with Crippen molar-refractivity contribution in [2.45, 2.75) is 11.3 Å². The smallest absolute Gasteiger partial charge is 0.252 e. The van der Waals surface area contributed by atoms with Crippen LogP contribution in [0, 0.1) is 0 Å². The zero-order chi connectivity index (χ0) is 18.4. The molecule has 0 unspecified atom stereocenters. The van der Waals surface area contributed by atoms with Gasteiger partial charge in [0.2, 0.25) is 0 Å². The van der Waals surface area contributed by atoms with Crippen LogP contribution in [-0.4, -0.2) is 40.7 Å². The highest BCUT2D eigenvalue weighted by Gasteiger charge is 2.15. The molecule has 0 aromatic heterocycles. The van der Waals surface area contributed by atoms with Gasteiger partial charge in [-0.1, -0.05) is 29.8 Å². The summed E-state index contributed by atoms with van der Waals surface area (Å²) in [5, 5.41) is 3.01. The lowest BCUT2D eigenvalue weighted by atomic mass is 10.2. The highest BCUT2D eigenvalue weighted by Crippen LogP contribution is 2.20. The van der Waals surface area contributed by atoms with Gasteiger partial charge in [0.25, 0.3) is 5.91 Å². The summed E-state index contributed by atoms with van der Waals surface area (Å²) in [6, 6.07) is 14.1. The molecule has 0 fully saturated rings. The van der Waals surface area contributed by atoms with E-state index in [0.29, 0.717) is 6.54 Å². The summed E-state index contributed by atoms with van der Waals surface area (Å²) in [5.74, 6) is -0.377. The molecular weight excluding hydrogens is 360 g/mol. The predicted octanol–water partition coefficient (Wildman–Crippen LogP) is 3.00. The number of hydrogen-bond acceptors (Lipinski definition) is 4. The summed E-state index contributed by atoms with van der Waals surface area (Å²) in [5.41, 5.74) is 1.28. The van der Waals surface area contributed by atoms with Crippen LogP contribution >= 0.6 is 11.6 Å². The molecule has 7 heteroatoms.